The lowest BCUT2D eigenvalue weighted by molar-refractivity contribution is -0.108. The van der Waals surface area contributed by atoms with Crippen molar-refractivity contribution in [3.63, 3.8) is 0 Å². The molecular weight excluding hydrogens is 306 g/mol. The summed E-state index contributed by atoms with van der Waals surface area (Å²) in [7, 11) is 0. The number of piperidine rings is 1. The average Bonchev–Trinajstić information content (AvgIpc) is 2.56. The molecule has 0 aromatic heterocycles. The van der Waals surface area contributed by atoms with E-state index in [1.54, 1.807) is 13.0 Å². The minimum atomic E-state index is -1.01. The molecule has 5 heteroatoms. The van der Waals surface area contributed by atoms with Gasteiger partial charge in [-0.3, -0.25) is 4.90 Å². The number of cyclic esters (lactones) is 1. The Hall–Kier alpha value is -1.95. The topological polar surface area (TPSA) is 70.0 Å². The molecule has 0 saturated carbocycles. The minimum Gasteiger partial charge on any atom is -0.457 e. The van der Waals surface area contributed by atoms with Gasteiger partial charge in [-0.2, -0.15) is 0 Å². The highest BCUT2D eigenvalue weighted by molar-refractivity contribution is 6.08. The summed E-state index contributed by atoms with van der Waals surface area (Å²) in [5.41, 5.74) is 1.77. The maximum absolute atomic E-state index is 12.0. The number of carbonyl (C=O) groups is 1. The summed E-state index contributed by atoms with van der Waals surface area (Å²) in [6.45, 7) is 3.86. The van der Waals surface area contributed by atoms with Crippen LogP contribution in [0.5, 0.6) is 0 Å². The highest BCUT2D eigenvalue weighted by atomic mass is 16.5. The first kappa shape index (κ1) is 15.6. The first-order valence-electron chi connectivity index (χ1n) is 8.29. The number of benzene rings is 2. The molecule has 2 atom stereocenters. The zero-order chi connectivity index (χ0) is 16.9. The van der Waals surface area contributed by atoms with Crippen LogP contribution in [-0.4, -0.2) is 45.9 Å². The fourth-order valence-corrected chi connectivity index (χ4v) is 3.66. The van der Waals surface area contributed by atoms with E-state index in [1.807, 2.05) is 18.2 Å². The zero-order valence-corrected chi connectivity index (χ0v) is 13.7. The van der Waals surface area contributed by atoms with Crippen LogP contribution < -0.4 is 0 Å². The van der Waals surface area contributed by atoms with E-state index < -0.39 is 11.7 Å². The third-order valence-electron chi connectivity index (χ3n) is 5.27. The van der Waals surface area contributed by atoms with Gasteiger partial charge in [0, 0.05) is 25.0 Å². The monoisotopic (exact) mass is 327 g/mol. The number of nitrogens with zero attached hydrogens (tertiary/aromatic N) is 1. The number of likely N-dealkylation sites (tertiary alicyclic amines) is 1. The van der Waals surface area contributed by atoms with E-state index in [-0.39, 0.29) is 5.97 Å². The molecule has 2 heterocycles. The van der Waals surface area contributed by atoms with E-state index in [2.05, 4.69) is 11.0 Å². The van der Waals surface area contributed by atoms with Crippen molar-refractivity contribution in [2.45, 2.75) is 38.2 Å². The lowest BCUT2D eigenvalue weighted by atomic mass is 9.90. The Balaban J connectivity index is 1.68. The molecule has 0 radical (unpaired) electrons. The largest absolute Gasteiger partial charge is 0.457 e. The van der Waals surface area contributed by atoms with Crippen molar-refractivity contribution in [1.82, 2.24) is 4.90 Å². The van der Waals surface area contributed by atoms with Crippen LogP contribution in [0.15, 0.2) is 30.3 Å². The SMILES string of the molecule is C[C@@]1(O)CCN(Cc2ccc3c4c(cccc24)C(=O)OC3)C[C@@H]1O. The van der Waals surface area contributed by atoms with Crippen molar-refractivity contribution in [2.75, 3.05) is 13.1 Å². The van der Waals surface area contributed by atoms with Gasteiger partial charge in [-0.15, -0.1) is 0 Å². The molecule has 0 aliphatic carbocycles. The minimum absolute atomic E-state index is 0.269. The van der Waals surface area contributed by atoms with Crippen molar-refractivity contribution < 1.29 is 19.7 Å². The van der Waals surface area contributed by atoms with Crippen molar-refractivity contribution in [3.05, 3.63) is 47.0 Å². The molecule has 0 unspecified atom stereocenters. The van der Waals surface area contributed by atoms with Crippen LogP contribution in [-0.2, 0) is 17.9 Å². The van der Waals surface area contributed by atoms with Crippen molar-refractivity contribution in [3.8, 4) is 0 Å². The lowest BCUT2D eigenvalue weighted by Gasteiger charge is -2.40. The van der Waals surface area contributed by atoms with Crippen LogP contribution in [0, 0.1) is 0 Å². The van der Waals surface area contributed by atoms with Gasteiger partial charge in [0.1, 0.15) is 6.61 Å². The van der Waals surface area contributed by atoms with Crippen LogP contribution in [0.1, 0.15) is 34.8 Å². The van der Waals surface area contributed by atoms with Gasteiger partial charge in [0.05, 0.1) is 17.3 Å². The number of aliphatic hydroxyl groups excluding tert-OH is 1. The van der Waals surface area contributed by atoms with E-state index >= 15 is 0 Å². The highest BCUT2D eigenvalue weighted by Gasteiger charge is 2.36. The second-order valence-electron chi connectivity index (χ2n) is 7.05. The number of rotatable bonds is 2. The Bertz CT molecular complexity index is 814. The maximum Gasteiger partial charge on any atom is 0.339 e. The van der Waals surface area contributed by atoms with E-state index in [0.29, 0.717) is 31.7 Å². The quantitative estimate of drug-likeness (QED) is 0.824. The summed E-state index contributed by atoms with van der Waals surface area (Å²) >= 11 is 0. The molecule has 0 amide bonds. The molecule has 126 valence electrons. The van der Waals surface area contributed by atoms with Gasteiger partial charge in [-0.25, -0.2) is 4.79 Å². The first-order valence-corrected chi connectivity index (χ1v) is 8.29. The Labute approximate surface area is 140 Å². The molecule has 1 fully saturated rings. The van der Waals surface area contributed by atoms with Gasteiger partial charge in [0.15, 0.2) is 0 Å². The van der Waals surface area contributed by atoms with Crippen LogP contribution in [0.2, 0.25) is 0 Å². The first-order chi connectivity index (χ1) is 11.5. The van der Waals surface area contributed by atoms with Crippen LogP contribution in [0.4, 0.5) is 0 Å². The van der Waals surface area contributed by atoms with Gasteiger partial charge in [0.25, 0.3) is 0 Å². The molecule has 2 aromatic carbocycles. The zero-order valence-electron chi connectivity index (χ0n) is 13.7. The fourth-order valence-electron chi connectivity index (χ4n) is 3.66. The van der Waals surface area contributed by atoms with Crippen molar-refractivity contribution in [1.29, 1.82) is 0 Å². The van der Waals surface area contributed by atoms with Gasteiger partial charge >= 0.3 is 5.97 Å². The number of ether oxygens (including phenoxy) is 1. The molecule has 5 nitrogen and oxygen atoms in total. The Morgan fingerprint density at radius 2 is 2.17 bits per heavy atom. The molecule has 2 N–H and O–H groups in total. The number of β-amino-alcohol motifs (C(OH)–C–C–N with tert-alkyl or cyclic N) is 1. The summed E-state index contributed by atoms with van der Waals surface area (Å²) < 4.78 is 5.21. The standard InChI is InChI=1S/C19H21NO4/c1-19(23)7-8-20(10-16(19)21)9-12-5-6-13-11-24-18(22)15-4-2-3-14(12)17(13)15/h2-6,16,21,23H,7-11H2,1H3/t16-,19+/m0/s1. The van der Waals surface area contributed by atoms with Gasteiger partial charge in [-0.05, 0) is 35.9 Å². The fraction of sp³-hybridized carbons (Fsp3) is 0.421. The Kier molecular flexibility index (Phi) is 3.60. The van der Waals surface area contributed by atoms with Gasteiger partial charge < -0.3 is 14.9 Å². The third-order valence-corrected chi connectivity index (χ3v) is 5.27. The Morgan fingerprint density at radius 3 is 2.96 bits per heavy atom. The molecule has 2 aliphatic rings. The van der Waals surface area contributed by atoms with Crippen molar-refractivity contribution >= 4 is 16.7 Å². The molecule has 0 bridgehead atoms. The predicted molar refractivity (Wildman–Crippen MR) is 89.6 cm³/mol. The normalized spacial score (nSPS) is 27.3. The number of hydrogen-bond acceptors (Lipinski definition) is 5. The number of carbonyl (C=O) groups excluding carboxylic acids is 1. The summed E-state index contributed by atoms with van der Waals surface area (Å²) in [5, 5.41) is 22.3. The Morgan fingerprint density at radius 1 is 1.33 bits per heavy atom. The van der Waals surface area contributed by atoms with Crippen LogP contribution in [0.3, 0.4) is 0 Å². The molecule has 1 saturated heterocycles. The van der Waals surface area contributed by atoms with E-state index in [9.17, 15) is 15.0 Å². The smallest absolute Gasteiger partial charge is 0.339 e. The highest BCUT2D eigenvalue weighted by Crippen LogP contribution is 2.32. The van der Waals surface area contributed by atoms with Crippen LogP contribution >= 0.6 is 0 Å². The summed E-state index contributed by atoms with van der Waals surface area (Å²) in [6.07, 6.45) is -0.205. The van der Waals surface area contributed by atoms with E-state index in [0.717, 1.165) is 28.4 Å². The number of hydrogen-bond donors (Lipinski definition) is 2. The molecule has 4 rings (SSSR count). The third kappa shape index (κ3) is 2.49. The maximum atomic E-state index is 12.0. The second kappa shape index (κ2) is 5.55. The average molecular weight is 327 g/mol. The summed E-state index contributed by atoms with van der Waals surface area (Å²) in [4.78, 5) is 14.1. The summed E-state index contributed by atoms with van der Waals surface area (Å²) in [6, 6.07) is 9.81. The summed E-state index contributed by atoms with van der Waals surface area (Å²) in [5.74, 6) is -0.269. The molecular formula is C19H21NO4. The van der Waals surface area contributed by atoms with Crippen molar-refractivity contribution in [2.24, 2.45) is 0 Å². The number of esters is 1. The van der Waals surface area contributed by atoms with E-state index in [4.69, 9.17) is 4.74 Å². The van der Waals surface area contributed by atoms with Crippen LogP contribution in [0.25, 0.3) is 10.8 Å². The van der Waals surface area contributed by atoms with Gasteiger partial charge in [-0.1, -0.05) is 24.3 Å². The predicted octanol–water partition coefficient (Wildman–Crippen LogP) is 1.83. The molecule has 2 aromatic rings. The molecule has 0 spiro atoms. The second-order valence-corrected chi connectivity index (χ2v) is 7.05. The number of aliphatic hydroxyl groups is 2. The molecule has 2 aliphatic heterocycles. The lowest BCUT2D eigenvalue weighted by Crippen LogP contribution is -2.53. The van der Waals surface area contributed by atoms with Gasteiger partial charge in [0.2, 0.25) is 0 Å². The molecule has 24 heavy (non-hydrogen) atoms. The van der Waals surface area contributed by atoms with E-state index in [1.165, 1.54) is 0 Å².